The number of carbonyl (C=O) groups is 1. The van der Waals surface area contributed by atoms with E-state index in [9.17, 15) is 9.59 Å². The van der Waals surface area contributed by atoms with E-state index in [0.29, 0.717) is 23.1 Å². The molecule has 0 bridgehead atoms. The van der Waals surface area contributed by atoms with Crippen molar-refractivity contribution in [3.8, 4) is 11.5 Å². The number of aryl methyl sites for hydroxylation is 2. The zero-order valence-electron chi connectivity index (χ0n) is 17.1. The minimum absolute atomic E-state index is 0.0539. The van der Waals surface area contributed by atoms with Crippen LogP contribution in [-0.4, -0.2) is 24.2 Å². The molecule has 154 valence electrons. The van der Waals surface area contributed by atoms with E-state index in [0.717, 1.165) is 73.4 Å². The third kappa shape index (κ3) is 3.49. The Bertz CT molecular complexity index is 1050. The van der Waals surface area contributed by atoms with Gasteiger partial charge in [0, 0.05) is 23.2 Å². The van der Waals surface area contributed by atoms with Crippen LogP contribution in [0.2, 0.25) is 0 Å². The summed E-state index contributed by atoms with van der Waals surface area (Å²) < 4.78 is 18.0. The van der Waals surface area contributed by atoms with Crippen LogP contribution in [0.1, 0.15) is 62.6 Å². The van der Waals surface area contributed by atoms with Crippen LogP contribution in [0.25, 0.3) is 11.0 Å². The third-order valence-electron chi connectivity index (χ3n) is 6.18. The van der Waals surface area contributed by atoms with Crippen molar-refractivity contribution in [2.45, 2.75) is 76.9 Å². The van der Waals surface area contributed by atoms with Crippen molar-refractivity contribution in [1.29, 1.82) is 0 Å². The molecule has 1 saturated carbocycles. The minimum atomic E-state index is -0.296. The highest BCUT2D eigenvalue weighted by molar-refractivity contribution is 5.92. The lowest BCUT2D eigenvalue weighted by Gasteiger charge is -2.33. The molecule has 1 fully saturated rings. The van der Waals surface area contributed by atoms with Crippen molar-refractivity contribution < 1.29 is 18.7 Å². The number of carbonyl (C=O) groups excluding carboxylic acids is 1. The molecule has 2 heterocycles. The molecule has 1 N–H and O–H groups in total. The van der Waals surface area contributed by atoms with Gasteiger partial charge >= 0.3 is 5.63 Å². The lowest BCUT2D eigenvalue weighted by atomic mass is 9.87. The van der Waals surface area contributed by atoms with Gasteiger partial charge in [0.2, 0.25) is 0 Å². The van der Waals surface area contributed by atoms with Crippen molar-refractivity contribution in [2.75, 3.05) is 6.61 Å². The Labute approximate surface area is 169 Å². The number of nitrogens with one attached hydrogen (secondary N) is 1. The molecule has 0 saturated heterocycles. The topological polar surface area (TPSA) is 77.8 Å². The van der Waals surface area contributed by atoms with Gasteiger partial charge in [-0.25, -0.2) is 4.79 Å². The summed E-state index contributed by atoms with van der Waals surface area (Å²) in [6.07, 6.45) is 7.29. The highest BCUT2D eigenvalue weighted by Crippen LogP contribution is 2.44. The van der Waals surface area contributed by atoms with Crippen molar-refractivity contribution in [3.63, 3.8) is 0 Å². The summed E-state index contributed by atoms with van der Waals surface area (Å²) in [7, 11) is 0. The fourth-order valence-electron chi connectivity index (χ4n) is 4.47. The molecule has 1 aromatic carbocycles. The monoisotopic (exact) mass is 397 g/mol. The van der Waals surface area contributed by atoms with Crippen molar-refractivity contribution in [2.24, 2.45) is 0 Å². The minimum Gasteiger partial charge on any atom is -0.487 e. The first-order chi connectivity index (χ1) is 13.9. The molecule has 0 spiro atoms. The molecule has 0 radical (unpaired) electrons. The van der Waals surface area contributed by atoms with Gasteiger partial charge in [-0.3, -0.25) is 4.79 Å². The quantitative estimate of drug-likeness (QED) is 0.800. The molecule has 5 rings (SSSR count). The average Bonchev–Trinajstić information content (AvgIpc) is 3.49. The summed E-state index contributed by atoms with van der Waals surface area (Å²) in [6, 6.07) is 2.18. The Hall–Kier alpha value is -2.50. The number of fused-ring (bicyclic) bond motifs is 5. The SMILES string of the molecule is CC1(C)CCc2c(cc(OCC(=O)NC3CC3)c3c4c(c(=O)oc23)CCCC4)O1. The van der Waals surface area contributed by atoms with E-state index in [1.807, 2.05) is 19.9 Å². The molecule has 6 nitrogen and oxygen atoms in total. The summed E-state index contributed by atoms with van der Waals surface area (Å²) >= 11 is 0. The van der Waals surface area contributed by atoms with E-state index >= 15 is 0 Å². The molecule has 3 aliphatic rings. The van der Waals surface area contributed by atoms with Crippen molar-refractivity contribution in [3.05, 3.63) is 33.2 Å². The predicted octanol–water partition coefficient (Wildman–Crippen LogP) is 3.43. The maximum atomic E-state index is 12.7. The van der Waals surface area contributed by atoms with Crippen molar-refractivity contribution in [1.82, 2.24) is 5.32 Å². The number of ether oxygens (including phenoxy) is 2. The Kier molecular flexibility index (Phi) is 4.33. The first-order valence-corrected chi connectivity index (χ1v) is 10.7. The van der Waals surface area contributed by atoms with Crippen LogP contribution >= 0.6 is 0 Å². The lowest BCUT2D eigenvalue weighted by molar-refractivity contribution is -0.123. The number of hydrogen-bond donors (Lipinski definition) is 1. The van der Waals surface area contributed by atoms with Gasteiger partial charge in [-0.15, -0.1) is 0 Å². The van der Waals surface area contributed by atoms with E-state index in [-0.39, 0.29) is 23.7 Å². The number of rotatable bonds is 4. The summed E-state index contributed by atoms with van der Waals surface area (Å²) in [5.74, 6) is 1.14. The van der Waals surface area contributed by atoms with Gasteiger partial charge in [-0.1, -0.05) is 0 Å². The predicted molar refractivity (Wildman–Crippen MR) is 109 cm³/mol. The zero-order chi connectivity index (χ0) is 20.2. The summed E-state index contributed by atoms with van der Waals surface area (Å²) in [4.78, 5) is 24.9. The molecule has 0 atom stereocenters. The first kappa shape index (κ1) is 18.5. The van der Waals surface area contributed by atoms with Gasteiger partial charge in [0.1, 0.15) is 22.7 Å². The first-order valence-electron chi connectivity index (χ1n) is 10.7. The molecule has 29 heavy (non-hydrogen) atoms. The van der Waals surface area contributed by atoms with Crippen LogP contribution in [0, 0.1) is 0 Å². The third-order valence-corrected chi connectivity index (χ3v) is 6.18. The van der Waals surface area contributed by atoms with Crippen molar-refractivity contribution >= 4 is 16.9 Å². The van der Waals surface area contributed by atoms with Gasteiger partial charge in [0.15, 0.2) is 6.61 Å². The molecular formula is C23H27NO5. The lowest BCUT2D eigenvalue weighted by Crippen LogP contribution is -2.33. The summed E-state index contributed by atoms with van der Waals surface area (Å²) in [5.41, 5.74) is 2.74. The highest BCUT2D eigenvalue weighted by atomic mass is 16.5. The van der Waals surface area contributed by atoms with E-state index in [1.54, 1.807) is 0 Å². The van der Waals surface area contributed by atoms with Crippen LogP contribution in [-0.2, 0) is 24.1 Å². The Morgan fingerprint density at radius 3 is 2.69 bits per heavy atom. The van der Waals surface area contributed by atoms with Crippen LogP contribution in [0.5, 0.6) is 11.5 Å². The Balaban J connectivity index is 1.62. The maximum Gasteiger partial charge on any atom is 0.339 e. The Morgan fingerprint density at radius 2 is 1.93 bits per heavy atom. The largest absolute Gasteiger partial charge is 0.487 e. The normalized spacial score (nSPS) is 19.8. The zero-order valence-corrected chi connectivity index (χ0v) is 17.1. The van der Waals surface area contributed by atoms with Crippen LogP contribution in [0.3, 0.4) is 0 Å². The Morgan fingerprint density at radius 1 is 1.17 bits per heavy atom. The second-order valence-corrected chi connectivity index (χ2v) is 9.10. The van der Waals surface area contributed by atoms with Gasteiger partial charge in [0.05, 0.1) is 5.39 Å². The number of amides is 1. The standard InChI is InChI=1S/C23H27NO5/c1-23(2)10-9-16-17(29-23)11-18(27-12-19(25)24-13-7-8-13)20-14-5-3-4-6-15(14)22(26)28-21(16)20/h11,13H,3-10,12H2,1-2H3,(H,24,25). The molecule has 0 unspecified atom stereocenters. The second-order valence-electron chi connectivity index (χ2n) is 9.10. The molecule has 1 aliphatic heterocycles. The summed E-state index contributed by atoms with van der Waals surface area (Å²) in [6.45, 7) is 4.04. The van der Waals surface area contributed by atoms with Crippen LogP contribution in [0.4, 0.5) is 0 Å². The van der Waals surface area contributed by atoms with Gasteiger partial charge < -0.3 is 19.2 Å². The fourth-order valence-corrected chi connectivity index (χ4v) is 4.47. The van der Waals surface area contributed by atoms with Gasteiger partial charge in [0.25, 0.3) is 5.91 Å². The van der Waals surface area contributed by atoms with Crippen LogP contribution < -0.4 is 20.4 Å². The van der Waals surface area contributed by atoms with Gasteiger partial charge in [-0.05, 0) is 70.8 Å². The maximum absolute atomic E-state index is 12.7. The molecule has 6 heteroatoms. The smallest absolute Gasteiger partial charge is 0.339 e. The summed E-state index contributed by atoms with van der Waals surface area (Å²) in [5, 5.41) is 3.80. The van der Waals surface area contributed by atoms with Crippen LogP contribution in [0.15, 0.2) is 15.3 Å². The average molecular weight is 397 g/mol. The second kappa shape index (κ2) is 6.78. The van der Waals surface area contributed by atoms with Gasteiger partial charge in [-0.2, -0.15) is 0 Å². The highest BCUT2D eigenvalue weighted by Gasteiger charge is 2.32. The fraction of sp³-hybridized carbons (Fsp3) is 0.565. The van der Waals surface area contributed by atoms with E-state index < -0.39 is 0 Å². The van der Waals surface area contributed by atoms with E-state index in [1.165, 1.54) is 0 Å². The molecular weight excluding hydrogens is 370 g/mol. The number of benzene rings is 1. The molecule has 1 aromatic heterocycles. The molecule has 2 aliphatic carbocycles. The molecule has 1 amide bonds. The van der Waals surface area contributed by atoms with E-state index in [2.05, 4.69) is 5.32 Å². The number of hydrogen-bond acceptors (Lipinski definition) is 5. The molecule has 2 aromatic rings. The van der Waals surface area contributed by atoms with E-state index in [4.69, 9.17) is 13.9 Å².